The van der Waals surface area contributed by atoms with Crippen molar-refractivity contribution in [3.63, 3.8) is 0 Å². The molecule has 0 aromatic carbocycles. The molecule has 0 amide bonds. The molecule has 0 atom stereocenters. The fourth-order valence-corrected chi connectivity index (χ4v) is 2.86. The Balaban J connectivity index is 1.63. The van der Waals surface area contributed by atoms with Crippen LogP contribution in [-0.4, -0.2) is 18.1 Å². The summed E-state index contributed by atoms with van der Waals surface area (Å²) in [5, 5.41) is 5.43. The maximum atomic E-state index is 5.57. The molecule has 0 saturated carbocycles. The molecule has 2 rings (SSSR count). The van der Waals surface area contributed by atoms with Gasteiger partial charge in [0.1, 0.15) is 12.4 Å². The molecule has 0 bridgehead atoms. The Morgan fingerprint density at radius 3 is 3.00 bits per heavy atom. The van der Waals surface area contributed by atoms with Crippen molar-refractivity contribution in [2.24, 2.45) is 0 Å². The van der Waals surface area contributed by atoms with Gasteiger partial charge in [-0.05, 0) is 41.1 Å². The van der Waals surface area contributed by atoms with E-state index in [1.54, 1.807) is 17.5 Å². The summed E-state index contributed by atoms with van der Waals surface area (Å²) in [4.78, 5) is 5.50. The summed E-state index contributed by atoms with van der Waals surface area (Å²) in [5.74, 6) is 0.821. The van der Waals surface area contributed by atoms with Gasteiger partial charge in [0, 0.05) is 33.5 Å². The Hall–Kier alpha value is -0.910. The van der Waals surface area contributed by atoms with Gasteiger partial charge in [0.25, 0.3) is 0 Å². The molecule has 0 radical (unpaired) electrons. The molecule has 0 aliphatic rings. The molecule has 2 aromatic rings. The molecule has 0 unspecified atom stereocenters. The smallest absolute Gasteiger partial charge is 0.137 e. The van der Waals surface area contributed by atoms with E-state index < -0.39 is 0 Å². The number of rotatable bonds is 6. The Kier molecular flexibility index (Phi) is 5.16. The van der Waals surface area contributed by atoms with Crippen LogP contribution in [0.15, 0.2) is 34.2 Å². The van der Waals surface area contributed by atoms with Crippen molar-refractivity contribution in [1.29, 1.82) is 0 Å². The SMILES string of the molecule is Cc1ccc(OCCNCc2cc(Br)cs2)cn1. The van der Waals surface area contributed by atoms with Crippen LogP contribution >= 0.6 is 27.3 Å². The van der Waals surface area contributed by atoms with Crippen molar-refractivity contribution in [3.8, 4) is 5.75 Å². The maximum Gasteiger partial charge on any atom is 0.137 e. The van der Waals surface area contributed by atoms with Crippen LogP contribution in [0.1, 0.15) is 10.6 Å². The van der Waals surface area contributed by atoms with E-state index in [2.05, 4.69) is 37.7 Å². The first-order valence-electron chi connectivity index (χ1n) is 5.73. The highest BCUT2D eigenvalue weighted by Gasteiger charge is 1.97. The fourth-order valence-electron chi connectivity index (χ4n) is 1.44. The highest BCUT2D eigenvalue weighted by atomic mass is 79.9. The summed E-state index contributed by atoms with van der Waals surface area (Å²) in [5.41, 5.74) is 1.00. The number of aromatic nitrogens is 1. The lowest BCUT2D eigenvalue weighted by molar-refractivity contribution is 0.312. The number of halogens is 1. The number of pyridine rings is 1. The molecular weight excluding hydrogens is 312 g/mol. The van der Waals surface area contributed by atoms with E-state index >= 15 is 0 Å². The zero-order valence-corrected chi connectivity index (χ0v) is 12.6. The minimum absolute atomic E-state index is 0.650. The standard InChI is InChI=1S/C13H15BrN2OS/c1-10-2-3-12(7-16-10)17-5-4-15-8-13-6-11(14)9-18-13/h2-3,6-7,9,15H,4-5,8H2,1H3. The predicted molar refractivity (Wildman–Crippen MR) is 78.2 cm³/mol. The Morgan fingerprint density at radius 2 is 2.33 bits per heavy atom. The molecule has 0 aliphatic carbocycles. The van der Waals surface area contributed by atoms with Gasteiger partial charge in [-0.1, -0.05) is 0 Å². The first-order chi connectivity index (χ1) is 8.74. The summed E-state index contributed by atoms with van der Waals surface area (Å²) in [6.07, 6.45) is 1.76. The monoisotopic (exact) mass is 326 g/mol. The summed E-state index contributed by atoms with van der Waals surface area (Å²) in [6.45, 7) is 4.32. The summed E-state index contributed by atoms with van der Waals surface area (Å²) >= 11 is 5.19. The minimum Gasteiger partial charge on any atom is -0.491 e. The number of ether oxygens (including phenoxy) is 1. The normalized spacial score (nSPS) is 10.6. The lowest BCUT2D eigenvalue weighted by Gasteiger charge is -2.06. The number of nitrogens with one attached hydrogen (secondary N) is 1. The number of nitrogens with zero attached hydrogens (tertiary/aromatic N) is 1. The first kappa shape index (κ1) is 13.5. The number of hydrogen-bond donors (Lipinski definition) is 1. The number of aryl methyl sites for hydroxylation is 1. The first-order valence-corrected chi connectivity index (χ1v) is 7.40. The van der Waals surface area contributed by atoms with Gasteiger partial charge in [-0.3, -0.25) is 4.98 Å². The van der Waals surface area contributed by atoms with Crippen LogP contribution < -0.4 is 10.1 Å². The molecule has 0 spiro atoms. The summed E-state index contributed by atoms with van der Waals surface area (Å²) in [6, 6.07) is 6.02. The van der Waals surface area contributed by atoms with E-state index in [1.807, 2.05) is 19.1 Å². The molecule has 96 valence electrons. The second kappa shape index (κ2) is 6.87. The van der Waals surface area contributed by atoms with Crippen LogP contribution in [0, 0.1) is 6.92 Å². The van der Waals surface area contributed by atoms with Gasteiger partial charge < -0.3 is 10.1 Å². The molecule has 0 saturated heterocycles. The van der Waals surface area contributed by atoms with Gasteiger partial charge >= 0.3 is 0 Å². The third-order valence-corrected chi connectivity index (χ3v) is 4.05. The molecule has 0 fully saturated rings. The second-order valence-electron chi connectivity index (χ2n) is 3.89. The van der Waals surface area contributed by atoms with E-state index in [0.717, 1.165) is 29.0 Å². The molecular formula is C13H15BrN2OS. The van der Waals surface area contributed by atoms with Crippen LogP contribution in [-0.2, 0) is 6.54 Å². The van der Waals surface area contributed by atoms with E-state index in [1.165, 1.54) is 4.88 Å². The van der Waals surface area contributed by atoms with Crippen molar-refractivity contribution in [2.75, 3.05) is 13.2 Å². The van der Waals surface area contributed by atoms with Crippen molar-refractivity contribution >= 4 is 27.3 Å². The van der Waals surface area contributed by atoms with Gasteiger partial charge in [-0.15, -0.1) is 11.3 Å². The van der Waals surface area contributed by atoms with Gasteiger partial charge in [0.15, 0.2) is 0 Å². The van der Waals surface area contributed by atoms with E-state index in [0.29, 0.717) is 6.61 Å². The average Bonchev–Trinajstić information content (AvgIpc) is 2.77. The zero-order valence-electron chi connectivity index (χ0n) is 10.1. The summed E-state index contributed by atoms with van der Waals surface area (Å²) < 4.78 is 6.72. The Morgan fingerprint density at radius 1 is 1.44 bits per heavy atom. The van der Waals surface area contributed by atoms with Gasteiger partial charge in [-0.25, -0.2) is 0 Å². The Labute approximate surface area is 119 Å². The van der Waals surface area contributed by atoms with Crippen molar-refractivity contribution in [2.45, 2.75) is 13.5 Å². The van der Waals surface area contributed by atoms with Crippen LogP contribution in [0.25, 0.3) is 0 Å². The fraction of sp³-hybridized carbons (Fsp3) is 0.308. The third kappa shape index (κ3) is 4.40. The van der Waals surface area contributed by atoms with E-state index in [-0.39, 0.29) is 0 Å². The number of hydrogen-bond acceptors (Lipinski definition) is 4. The van der Waals surface area contributed by atoms with Gasteiger partial charge in [0.2, 0.25) is 0 Å². The van der Waals surface area contributed by atoms with Crippen LogP contribution in [0.2, 0.25) is 0 Å². The quantitative estimate of drug-likeness (QED) is 0.826. The number of thiophene rings is 1. The highest BCUT2D eigenvalue weighted by molar-refractivity contribution is 9.10. The average molecular weight is 327 g/mol. The van der Waals surface area contributed by atoms with E-state index in [4.69, 9.17) is 4.74 Å². The van der Waals surface area contributed by atoms with Crippen LogP contribution in [0.5, 0.6) is 5.75 Å². The van der Waals surface area contributed by atoms with E-state index in [9.17, 15) is 0 Å². The van der Waals surface area contributed by atoms with Crippen LogP contribution in [0.4, 0.5) is 0 Å². The molecule has 2 aromatic heterocycles. The van der Waals surface area contributed by atoms with Crippen molar-refractivity contribution < 1.29 is 4.74 Å². The molecule has 2 heterocycles. The minimum atomic E-state index is 0.650. The molecule has 18 heavy (non-hydrogen) atoms. The lowest BCUT2D eigenvalue weighted by Crippen LogP contribution is -2.20. The molecule has 0 aliphatic heterocycles. The topological polar surface area (TPSA) is 34.1 Å². The molecule has 3 nitrogen and oxygen atoms in total. The van der Waals surface area contributed by atoms with Crippen LogP contribution in [0.3, 0.4) is 0 Å². The third-order valence-electron chi connectivity index (χ3n) is 2.35. The zero-order chi connectivity index (χ0) is 12.8. The second-order valence-corrected chi connectivity index (χ2v) is 5.80. The largest absolute Gasteiger partial charge is 0.491 e. The van der Waals surface area contributed by atoms with Crippen molar-refractivity contribution in [3.05, 3.63) is 44.8 Å². The van der Waals surface area contributed by atoms with Gasteiger partial charge in [0.05, 0.1) is 6.20 Å². The molecule has 1 N–H and O–H groups in total. The van der Waals surface area contributed by atoms with Crippen molar-refractivity contribution in [1.82, 2.24) is 10.3 Å². The van der Waals surface area contributed by atoms with Gasteiger partial charge in [-0.2, -0.15) is 0 Å². The molecule has 5 heteroatoms. The Bertz CT molecular complexity index is 484. The maximum absolute atomic E-state index is 5.57. The summed E-state index contributed by atoms with van der Waals surface area (Å²) in [7, 11) is 0. The predicted octanol–water partition coefficient (Wildman–Crippen LogP) is 3.38. The highest BCUT2D eigenvalue weighted by Crippen LogP contribution is 2.19. The lowest BCUT2D eigenvalue weighted by atomic mass is 10.4.